The second kappa shape index (κ2) is 7.65. The number of nitrogens with one attached hydrogen (secondary N) is 1. The maximum atomic E-state index is 12.3. The lowest BCUT2D eigenvalue weighted by atomic mass is 10.1. The fraction of sp³-hybridized carbons (Fsp3) is 0.143. The van der Waals surface area contributed by atoms with Crippen LogP contribution in [0.25, 0.3) is 0 Å². The molecule has 0 spiro atoms. The van der Waals surface area contributed by atoms with Gasteiger partial charge in [0.1, 0.15) is 11.3 Å². The van der Waals surface area contributed by atoms with E-state index in [0.29, 0.717) is 10.6 Å². The Morgan fingerprint density at radius 3 is 2.43 bits per heavy atom. The number of halogens is 3. The molecule has 1 amide bonds. The zero-order chi connectivity index (χ0) is 17.1. The number of ether oxygens (including phenoxy) is 2. The highest BCUT2D eigenvalue weighted by Gasteiger charge is 2.19. The van der Waals surface area contributed by atoms with Gasteiger partial charge in [0.15, 0.2) is 0 Å². The maximum absolute atomic E-state index is 12.3. The molecule has 1 N–H and O–H groups in total. The van der Waals surface area contributed by atoms with Crippen molar-refractivity contribution >= 4 is 72.4 Å². The van der Waals surface area contributed by atoms with E-state index in [1.165, 1.54) is 37.7 Å². The number of thiophene rings is 1. The number of esters is 1. The second-order valence-electron chi connectivity index (χ2n) is 4.21. The number of anilines is 1. The molecule has 1 heterocycles. The van der Waals surface area contributed by atoms with Crippen molar-refractivity contribution < 1.29 is 19.1 Å². The van der Waals surface area contributed by atoms with Crippen LogP contribution < -0.4 is 10.1 Å². The molecule has 23 heavy (non-hydrogen) atoms. The Bertz CT molecular complexity index is 759. The number of hydrogen-bond acceptors (Lipinski definition) is 5. The molecule has 0 saturated carbocycles. The van der Waals surface area contributed by atoms with E-state index in [0.717, 1.165) is 8.26 Å². The Labute approximate surface area is 158 Å². The zero-order valence-corrected chi connectivity index (χ0v) is 16.7. The average molecular weight is 484 g/mol. The van der Waals surface area contributed by atoms with Crippen LogP contribution in [0.3, 0.4) is 0 Å². The molecular formula is C14H10Br2ClNO4S. The van der Waals surface area contributed by atoms with Gasteiger partial charge in [0, 0.05) is 10.5 Å². The van der Waals surface area contributed by atoms with Crippen LogP contribution in [0.5, 0.6) is 5.75 Å². The molecule has 9 heteroatoms. The summed E-state index contributed by atoms with van der Waals surface area (Å²) in [4.78, 5) is 24.5. The van der Waals surface area contributed by atoms with Crippen LogP contribution in [0.4, 0.5) is 5.69 Å². The number of carbonyl (C=O) groups is 2. The van der Waals surface area contributed by atoms with Crippen LogP contribution in [-0.4, -0.2) is 26.1 Å². The molecule has 122 valence electrons. The van der Waals surface area contributed by atoms with Gasteiger partial charge in [-0.1, -0.05) is 11.6 Å². The number of methoxy groups -OCH3 is 2. The fourth-order valence-corrected chi connectivity index (χ4v) is 3.87. The van der Waals surface area contributed by atoms with Crippen molar-refractivity contribution in [3.05, 3.63) is 41.9 Å². The summed E-state index contributed by atoms with van der Waals surface area (Å²) in [6.45, 7) is 0. The van der Waals surface area contributed by atoms with E-state index in [1.54, 1.807) is 6.07 Å². The van der Waals surface area contributed by atoms with Gasteiger partial charge in [0.05, 0.1) is 33.6 Å². The monoisotopic (exact) mass is 481 g/mol. The molecule has 2 aromatic rings. The van der Waals surface area contributed by atoms with E-state index in [-0.39, 0.29) is 22.2 Å². The predicted octanol–water partition coefficient (Wildman–Crippen LogP) is 4.97. The minimum absolute atomic E-state index is 0.180. The van der Waals surface area contributed by atoms with Crippen LogP contribution in [0.1, 0.15) is 20.0 Å². The smallest absolute Gasteiger partial charge is 0.341 e. The van der Waals surface area contributed by atoms with E-state index in [2.05, 4.69) is 41.9 Å². The van der Waals surface area contributed by atoms with Gasteiger partial charge >= 0.3 is 5.97 Å². The van der Waals surface area contributed by atoms with Gasteiger partial charge in [-0.3, -0.25) is 4.79 Å². The third-order valence-electron chi connectivity index (χ3n) is 2.81. The Kier molecular flexibility index (Phi) is 6.07. The highest BCUT2D eigenvalue weighted by atomic mass is 79.9. The van der Waals surface area contributed by atoms with E-state index < -0.39 is 5.97 Å². The second-order valence-corrected chi connectivity index (χ2v) is 7.84. The first-order chi connectivity index (χ1) is 10.9. The first-order valence-corrected chi connectivity index (χ1v) is 8.87. The molecule has 0 radical (unpaired) electrons. The van der Waals surface area contributed by atoms with Crippen LogP contribution >= 0.6 is 54.8 Å². The van der Waals surface area contributed by atoms with E-state index in [9.17, 15) is 9.59 Å². The molecular weight excluding hydrogens is 473 g/mol. The standard InChI is InChI=1S/C14H10Br2ClNO4S/c1-21-10-5-9(8(17)3-6(10)14(20)22-2)18-13(19)11-4-7(15)12(16)23-11/h3-5H,1-2H3,(H,18,19). The quantitative estimate of drug-likeness (QED) is 0.624. The molecule has 0 saturated heterocycles. The first-order valence-electron chi connectivity index (χ1n) is 6.09. The van der Waals surface area contributed by atoms with Crippen LogP contribution in [0, 0.1) is 0 Å². The van der Waals surface area contributed by atoms with Crippen molar-refractivity contribution in [1.29, 1.82) is 0 Å². The topological polar surface area (TPSA) is 64.6 Å². The largest absolute Gasteiger partial charge is 0.496 e. The zero-order valence-electron chi connectivity index (χ0n) is 11.9. The lowest BCUT2D eigenvalue weighted by molar-refractivity contribution is 0.0597. The minimum Gasteiger partial charge on any atom is -0.496 e. The normalized spacial score (nSPS) is 10.3. The van der Waals surface area contributed by atoms with Crippen molar-refractivity contribution in [2.75, 3.05) is 19.5 Å². The Hall–Kier alpha value is -1.09. The van der Waals surface area contributed by atoms with Crippen molar-refractivity contribution in [3.8, 4) is 5.75 Å². The van der Waals surface area contributed by atoms with Crippen LogP contribution in [0.15, 0.2) is 26.5 Å². The number of carbonyl (C=O) groups excluding carboxylic acids is 2. The molecule has 1 aromatic carbocycles. The Morgan fingerprint density at radius 2 is 1.91 bits per heavy atom. The molecule has 0 aliphatic heterocycles. The maximum Gasteiger partial charge on any atom is 0.341 e. The lowest BCUT2D eigenvalue weighted by Gasteiger charge is -2.12. The summed E-state index contributed by atoms with van der Waals surface area (Å²) in [7, 11) is 2.67. The highest BCUT2D eigenvalue weighted by Crippen LogP contribution is 2.35. The summed E-state index contributed by atoms with van der Waals surface area (Å²) in [5.74, 6) is -0.644. The minimum atomic E-state index is -0.576. The lowest BCUT2D eigenvalue weighted by Crippen LogP contribution is -2.12. The van der Waals surface area contributed by atoms with Crippen molar-refractivity contribution in [2.45, 2.75) is 0 Å². The molecule has 0 aliphatic carbocycles. The van der Waals surface area contributed by atoms with Crippen molar-refractivity contribution in [3.63, 3.8) is 0 Å². The number of rotatable bonds is 4. The molecule has 0 unspecified atom stereocenters. The molecule has 1 aromatic heterocycles. The Balaban J connectivity index is 2.33. The highest BCUT2D eigenvalue weighted by molar-refractivity contribution is 9.13. The molecule has 0 fully saturated rings. The molecule has 0 atom stereocenters. The van der Waals surface area contributed by atoms with Gasteiger partial charge in [0.25, 0.3) is 5.91 Å². The predicted molar refractivity (Wildman–Crippen MR) is 97.0 cm³/mol. The van der Waals surface area contributed by atoms with Gasteiger partial charge in [-0.25, -0.2) is 4.79 Å². The summed E-state index contributed by atoms with van der Waals surface area (Å²) in [5, 5.41) is 2.89. The average Bonchev–Trinajstić information content (AvgIpc) is 2.87. The number of amides is 1. The number of benzene rings is 1. The van der Waals surface area contributed by atoms with Crippen molar-refractivity contribution in [2.24, 2.45) is 0 Å². The van der Waals surface area contributed by atoms with E-state index in [4.69, 9.17) is 16.3 Å². The Morgan fingerprint density at radius 1 is 1.22 bits per heavy atom. The van der Waals surface area contributed by atoms with Crippen molar-refractivity contribution in [1.82, 2.24) is 0 Å². The van der Waals surface area contributed by atoms with Gasteiger partial charge in [-0.15, -0.1) is 11.3 Å². The van der Waals surface area contributed by atoms with Crippen LogP contribution in [0.2, 0.25) is 5.02 Å². The van der Waals surface area contributed by atoms with Gasteiger partial charge in [0.2, 0.25) is 0 Å². The van der Waals surface area contributed by atoms with Gasteiger partial charge in [-0.2, -0.15) is 0 Å². The third-order valence-corrected chi connectivity index (χ3v) is 6.38. The third kappa shape index (κ3) is 4.06. The number of hydrogen-bond donors (Lipinski definition) is 1. The van der Waals surface area contributed by atoms with Crippen LogP contribution in [-0.2, 0) is 4.74 Å². The van der Waals surface area contributed by atoms with E-state index >= 15 is 0 Å². The molecule has 0 aliphatic rings. The molecule has 5 nitrogen and oxygen atoms in total. The summed E-state index contributed by atoms with van der Waals surface area (Å²) in [6, 6.07) is 4.56. The summed E-state index contributed by atoms with van der Waals surface area (Å²) < 4.78 is 11.4. The summed E-state index contributed by atoms with van der Waals surface area (Å²) in [5.41, 5.74) is 0.515. The van der Waals surface area contributed by atoms with E-state index in [1.807, 2.05) is 0 Å². The first kappa shape index (κ1) is 18.3. The summed E-state index contributed by atoms with van der Waals surface area (Å²) in [6.07, 6.45) is 0. The fourth-order valence-electron chi connectivity index (χ4n) is 1.73. The van der Waals surface area contributed by atoms with Gasteiger partial charge < -0.3 is 14.8 Å². The molecule has 0 bridgehead atoms. The SMILES string of the molecule is COC(=O)c1cc(Cl)c(NC(=O)c2cc(Br)c(Br)s2)cc1OC. The summed E-state index contributed by atoms with van der Waals surface area (Å²) >= 11 is 14.1. The van der Waals surface area contributed by atoms with Gasteiger partial charge in [-0.05, 0) is 44.0 Å². The molecule has 2 rings (SSSR count).